The number of benzene rings is 1. The number of rotatable bonds is 7. The van der Waals surface area contributed by atoms with Crippen molar-refractivity contribution in [3.8, 4) is 0 Å². The van der Waals surface area contributed by atoms with Crippen LogP contribution in [0.15, 0.2) is 23.1 Å². The van der Waals surface area contributed by atoms with Crippen LogP contribution in [0.4, 0.5) is 0 Å². The molecular formula is C11H15ClN2O4S2. The van der Waals surface area contributed by atoms with Gasteiger partial charge in [0.05, 0.1) is 18.2 Å². The molecule has 0 aromatic heterocycles. The van der Waals surface area contributed by atoms with E-state index in [0.29, 0.717) is 5.56 Å². The fourth-order valence-corrected chi connectivity index (χ4v) is 3.62. The maximum Gasteiger partial charge on any atom is 0.244 e. The Hall–Kier alpha value is -0.770. The maximum absolute atomic E-state index is 12.4. The summed E-state index contributed by atoms with van der Waals surface area (Å²) in [5.41, 5.74) is 5.84. The summed E-state index contributed by atoms with van der Waals surface area (Å²) in [6.07, 6.45) is 0. The minimum atomic E-state index is -3.95. The average molecular weight is 339 g/mol. The van der Waals surface area contributed by atoms with Gasteiger partial charge in [0.25, 0.3) is 0 Å². The zero-order valence-corrected chi connectivity index (χ0v) is 12.9. The van der Waals surface area contributed by atoms with Crippen LogP contribution < -0.4 is 5.73 Å². The molecule has 0 amide bonds. The number of sulfonamides is 1. The summed E-state index contributed by atoms with van der Waals surface area (Å²) in [5, 5.41) is 17.9. The largest absolute Gasteiger partial charge is 0.395 e. The first kappa shape index (κ1) is 17.3. The number of hydrogen-bond acceptors (Lipinski definition) is 5. The Labute approximate surface area is 127 Å². The molecule has 112 valence electrons. The number of halogens is 1. The van der Waals surface area contributed by atoms with Crippen molar-refractivity contribution in [1.82, 2.24) is 4.31 Å². The fourth-order valence-electron chi connectivity index (χ4n) is 1.57. The standard InChI is InChI=1S/C11H15ClN2O4S2/c12-9-2-1-8(11(13)19)7-10(9)20(17,18)14(3-5-15)4-6-16/h1-2,7,15-16H,3-6H2,(H2,13,19). The average Bonchev–Trinajstić information content (AvgIpc) is 2.38. The highest BCUT2D eigenvalue weighted by Crippen LogP contribution is 2.25. The van der Waals surface area contributed by atoms with Gasteiger partial charge in [0.1, 0.15) is 9.88 Å². The Morgan fingerprint density at radius 1 is 1.30 bits per heavy atom. The third-order valence-corrected chi connectivity index (χ3v) is 5.15. The van der Waals surface area contributed by atoms with Crippen LogP contribution in [-0.2, 0) is 10.0 Å². The molecule has 0 bridgehead atoms. The molecule has 0 saturated carbocycles. The SMILES string of the molecule is NC(=S)c1ccc(Cl)c(S(=O)(=O)N(CCO)CCO)c1. The molecule has 20 heavy (non-hydrogen) atoms. The molecule has 4 N–H and O–H groups in total. The van der Waals surface area contributed by atoms with Gasteiger partial charge in [0.2, 0.25) is 10.0 Å². The van der Waals surface area contributed by atoms with Gasteiger partial charge in [-0.2, -0.15) is 4.31 Å². The Morgan fingerprint density at radius 3 is 2.30 bits per heavy atom. The van der Waals surface area contributed by atoms with E-state index in [0.717, 1.165) is 4.31 Å². The smallest absolute Gasteiger partial charge is 0.244 e. The molecule has 0 fully saturated rings. The summed E-state index contributed by atoms with van der Waals surface area (Å²) in [6.45, 7) is -1.02. The lowest BCUT2D eigenvalue weighted by atomic mass is 10.2. The van der Waals surface area contributed by atoms with Crippen LogP contribution in [0, 0.1) is 0 Å². The Balaban J connectivity index is 3.32. The normalized spacial score (nSPS) is 11.8. The summed E-state index contributed by atoms with van der Waals surface area (Å²) in [7, 11) is -3.95. The zero-order valence-electron chi connectivity index (χ0n) is 10.5. The molecule has 0 aliphatic rings. The molecule has 1 rings (SSSR count). The monoisotopic (exact) mass is 338 g/mol. The number of aliphatic hydroxyl groups excluding tert-OH is 2. The Morgan fingerprint density at radius 2 is 1.85 bits per heavy atom. The van der Waals surface area contributed by atoms with Crippen molar-refractivity contribution in [3.63, 3.8) is 0 Å². The second-order valence-electron chi connectivity index (χ2n) is 3.86. The van der Waals surface area contributed by atoms with Crippen molar-refractivity contribution in [1.29, 1.82) is 0 Å². The number of nitrogens with zero attached hydrogens (tertiary/aromatic N) is 1. The summed E-state index contributed by atoms with van der Waals surface area (Å²) in [5.74, 6) is 0. The van der Waals surface area contributed by atoms with E-state index in [-0.39, 0.29) is 41.2 Å². The lowest BCUT2D eigenvalue weighted by molar-refractivity contribution is 0.217. The molecule has 1 aromatic rings. The molecule has 0 radical (unpaired) electrons. The van der Waals surface area contributed by atoms with Gasteiger partial charge in [-0.25, -0.2) is 8.42 Å². The van der Waals surface area contributed by atoms with Crippen LogP contribution in [0.5, 0.6) is 0 Å². The second kappa shape index (κ2) is 7.30. The first-order valence-electron chi connectivity index (χ1n) is 5.65. The number of nitrogens with two attached hydrogens (primary N) is 1. The van der Waals surface area contributed by atoms with E-state index in [9.17, 15) is 8.42 Å². The molecule has 1 aromatic carbocycles. The summed E-state index contributed by atoms with van der Waals surface area (Å²) < 4.78 is 25.8. The van der Waals surface area contributed by atoms with Crippen LogP contribution in [-0.4, -0.2) is 54.2 Å². The molecule has 0 aliphatic heterocycles. The summed E-state index contributed by atoms with van der Waals surface area (Å²) in [6, 6.07) is 4.19. The van der Waals surface area contributed by atoms with Gasteiger partial charge in [0, 0.05) is 18.7 Å². The summed E-state index contributed by atoms with van der Waals surface area (Å²) >= 11 is 10.7. The van der Waals surface area contributed by atoms with Gasteiger partial charge in [-0.1, -0.05) is 29.9 Å². The second-order valence-corrected chi connectivity index (χ2v) is 6.61. The van der Waals surface area contributed by atoms with Crippen molar-refractivity contribution in [2.75, 3.05) is 26.3 Å². The molecule has 0 heterocycles. The van der Waals surface area contributed by atoms with Gasteiger partial charge in [-0.05, 0) is 12.1 Å². The lowest BCUT2D eigenvalue weighted by Gasteiger charge is -2.21. The Bertz CT molecular complexity index is 586. The molecule has 0 spiro atoms. The maximum atomic E-state index is 12.4. The predicted molar refractivity (Wildman–Crippen MR) is 80.3 cm³/mol. The highest BCUT2D eigenvalue weighted by molar-refractivity contribution is 7.89. The molecule has 0 unspecified atom stereocenters. The minimum absolute atomic E-state index is 0.0193. The molecule has 0 saturated heterocycles. The molecule has 0 aliphatic carbocycles. The van der Waals surface area contributed by atoms with E-state index < -0.39 is 10.0 Å². The zero-order chi connectivity index (χ0) is 15.3. The minimum Gasteiger partial charge on any atom is -0.395 e. The van der Waals surface area contributed by atoms with E-state index in [2.05, 4.69) is 0 Å². The van der Waals surface area contributed by atoms with Crippen LogP contribution in [0.2, 0.25) is 5.02 Å². The molecule has 6 nitrogen and oxygen atoms in total. The number of hydrogen-bond donors (Lipinski definition) is 3. The number of aliphatic hydroxyl groups is 2. The summed E-state index contributed by atoms with van der Waals surface area (Å²) in [4.78, 5) is -0.111. The van der Waals surface area contributed by atoms with Crippen LogP contribution in [0.3, 0.4) is 0 Å². The van der Waals surface area contributed by atoms with Gasteiger partial charge < -0.3 is 15.9 Å². The van der Waals surface area contributed by atoms with Gasteiger partial charge in [-0.3, -0.25) is 0 Å². The fraction of sp³-hybridized carbons (Fsp3) is 0.364. The van der Waals surface area contributed by atoms with Gasteiger partial charge in [0.15, 0.2) is 0 Å². The third-order valence-electron chi connectivity index (χ3n) is 2.53. The molecule has 0 atom stereocenters. The van der Waals surface area contributed by atoms with Crippen molar-refractivity contribution in [3.05, 3.63) is 28.8 Å². The topological polar surface area (TPSA) is 104 Å². The van der Waals surface area contributed by atoms with Gasteiger partial charge >= 0.3 is 0 Å². The van der Waals surface area contributed by atoms with E-state index in [1.807, 2.05) is 0 Å². The van der Waals surface area contributed by atoms with E-state index in [4.69, 9.17) is 39.8 Å². The van der Waals surface area contributed by atoms with E-state index >= 15 is 0 Å². The first-order chi connectivity index (χ1) is 9.34. The van der Waals surface area contributed by atoms with E-state index in [1.165, 1.54) is 18.2 Å². The predicted octanol–water partition coefficient (Wildman–Crippen LogP) is -0.0505. The highest BCUT2D eigenvalue weighted by Gasteiger charge is 2.26. The number of thiocarbonyl (C=S) groups is 1. The van der Waals surface area contributed by atoms with Crippen molar-refractivity contribution >= 4 is 38.8 Å². The highest BCUT2D eigenvalue weighted by atomic mass is 35.5. The van der Waals surface area contributed by atoms with E-state index in [1.54, 1.807) is 0 Å². The van der Waals surface area contributed by atoms with Crippen LogP contribution in [0.1, 0.15) is 5.56 Å². The molecular weight excluding hydrogens is 324 g/mol. The first-order valence-corrected chi connectivity index (χ1v) is 7.88. The van der Waals surface area contributed by atoms with Gasteiger partial charge in [-0.15, -0.1) is 0 Å². The quantitative estimate of drug-likeness (QED) is 0.602. The van der Waals surface area contributed by atoms with Crippen molar-refractivity contribution < 1.29 is 18.6 Å². The van der Waals surface area contributed by atoms with Crippen LogP contribution >= 0.6 is 23.8 Å². The van der Waals surface area contributed by atoms with Crippen molar-refractivity contribution in [2.45, 2.75) is 4.90 Å². The molecule has 9 heteroatoms. The Kier molecular flexibility index (Phi) is 6.31. The third kappa shape index (κ3) is 3.87. The lowest BCUT2D eigenvalue weighted by Crippen LogP contribution is -2.36. The van der Waals surface area contributed by atoms with Crippen LogP contribution in [0.25, 0.3) is 0 Å². The van der Waals surface area contributed by atoms with Crippen molar-refractivity contribution in [2.24, 2.45) is 5.73 Å².